The van der Waals surface area contributed by atoms with Crippen molar-refractivity contribution in [3.8, 4) is 0 Å². The van der Waals surface area contributed by atoms with Crippen molar-refractivity contribution in [2.75, 3.05) is 13.1 Å². The number of hydrogen-bond donors (Lipinski definition) is 5. The molecule has 5 N–H and O–H groups in total. The molecule has 0 spiro atoms. The lowest BCUT2D eigenvalue weighted by Crippen LogP contribution is -2.50. The average Bonchev–Trinajstić information content (AvgIpc) is 2.18. The van der Waals surface area contributed by atoms with Crippen molar-refractivity contribution in [2.24, 2.45) is 0 Å². The fourth-order valence-corrected chi connectivity index (χ4v) is 1.14. The number of isocyanates is 1. The first-order valence-electron chi connectivity index (χ1n) is 4.19. The highest BCUT2D eigenvalue weighted by molar-refractivity contribution is 5.63. The van der Waals surface area contributed by atoms with Crippen molar-refractivity contribution < 1.29 is 14.7 Å². The molecule has 0 aromatic rings. The van der Waals surface area contributed by atoms with E-state index in [9.17, 15) is 4.79 Å². The predicted molar refractivity (Wildman–Crippen MR) is 48.6 cm³/mol. The molecular formula is C7H14N4O3. The van der Waals surface area contributed by atoms with E-state index in [0.717, 1.165) is 32.0 Å². The smallest absolute Gasteiger partial charge is 0.419 e. The van der Waals surface area contributed by atoms with Crippen molar-refractivity contribution in [1.29, 1.82) is 5.41 Å². The Hall–Kier alpha value is -1.43. The lowest BCUT2D eigenvalue weighted by atomic mass is 10.1. The number of hydrazine groups is 1. The second-order valence-electron chi connectivity index (χ2n) is 2.72. The molecule has 0 aromatic heterocycles. The van der Waals surface area contributed by atoms with Gasteiger partial charge in [-0.1, -0.05) is 0 Å². The van der Waals surface area contributed by atoms with Crippen molar-refractivity contribution in [1.82, 2.24) is 16.2 Å². The van der Waals surface area contributed by atoms with Crippen LogP contribution in [0.15, 0.2) is 0 Å². The second-order valence-corrected chi connectivity index (χ2v) is 2.72. The van der Waals surface area contributed by atoms with E-state index >= 15 is 0 Å². The third-order valence-corrected chi connectivity index (χ3v) is 1.68. The van der Waals surface area contributed by atoms with Gasteiger partial charge >= 0.3 is 6.09 Å². The third-order valence-electron chi connectivity index (χ3n) is 1.68. The Labute approximate surface area is 81.4 Å². The molecule has 0 radical (unpaired) electrons. The predicted octanol–water partition coefficient (Wildman–Crippen LogP) is -0.588. The zero-order valence-corrected chi connectivity index (χ0v) is 7.67. The van der Waals surface area contributed by atoms with Crippen LogP contribution in [0.3, 0.4) is 0 Å². The van der Waals surface area contributed by atoms with Crippen LogP contribution in [0.5, 0.6) is 0 Å². The van der Waals surface area contributed by atoms with E-state index in [0.29, 0.717) is 0 Å². The maximum Gasteiger partial charge on any atom is 0.419 e. The van der Waals surface area contributed by atoms with Gasteiger partial charge in [-0.25, -0.2) is 20.4 Å². The van der Waals surface area contributed by atoms with Gasteiger partial charge in [-0.05, 0) is 19.4 Å². The summed E-state index contributed by atoms with van der Waals surface area (Å²) in [5, 5.41) is 16.8. The highest BCUT2D eigenvalue weighted by Gasteiger charge is 2.11. The molecule has 14 heavy (non-hydrogen) atoms. The van der Waals surface area contributed by atoms with Crippen LogP contribution in [0.2, 0.25) is 0 Å². The van der Waals surface area contributed by atoms with Crippen molar-refractivity contribution in [3.63, 3.8) is 0 Å². The summed E-state index contributed by atoms with van der Waals surface area (Å²) < 4.78 is 0. The molecule has 1 aliphatic heterocycles. The fraction of sp³-hybridized carbons (Fsp3) is 0.714. The van der Waals surface area contributed by atoms with Gasteiger partial charge in [-0.15, -0.1) is 0 Å². The van der Waals surface area contributed by atoms with Crippen molar-refractivity contribution >= 4 is 12.2 Å². The van der Waals surface area contributed by atoms with Gasteiger partial charge in [0.15, 0.2) is 0 Å². The van der Waals surface area contributed by atoms with E-state index in [1.54, 1.807) is 0 Å². The minimum Gasteiger partial charge on any atom is -0.464 e. The Morgan fingerprint density at radius 1 is 1.64 bits per heavy atom. The topological polar surface area (TPSA) is 114 Å². The van der Waals surface area contributed by atoms with Crippen LogP contribution in [-0.2, 0) is 4.79 Å². The monoisotopic (exact) mass is 202 g/mol. The molecule has 0 bridgehead atoms. The molecule has 1 atom stereocenters. The zero-order valence-electron chi connectivity index (χ0n) is 7.67. The van der Waals surface area contributed by atoms with Gasteiger partial charge in [0.25, 0.3) is 0 Å². The number of amides is 1. The number of hydrogen-bond acceptors (Lipinski definition) is 5. The van der Waals surface area contributed by atoms with Crippen LogP contribution in [0.4, 0.5) is 4.79 Å². The Morgan fingerprint density at radius 2 is 2.29 bits per heavy atom. The van der Waals surface area contributed by atoms with Crippen LogP contribution in [-0.4, -0.2) is 36.4 Å². The first-order valence-corrected chi connectivity index (χ1v) is 4.19. The lowest BCUT2D eigenvalue weighted by Gasteiger charge is -2.23. The summed E-state index contributed by atoms with van der Waals surface area (Å²) >= 11 is 0. The number of rotatable bonds is 2. The maximum atomic E-state index is 10.0. The lowest BCUT2D eigenvalue weighted by molar-refractivity contribution is 0.184. The minimum atomic E-state index is -1.03. The molecule has 0 saturated carbocycles. The van der Waals surface area contributed by atoms with E-state index in [4.69, 9.17) is 15.3 Å². The van der Waals surface area contributed by atoms with Crippen molar-refractivity contribution in [2.45, 2.75) is 18.9 Å². The quantitative estimate of drug-likeness (QED) is 0.233. The summed E-state index contributed by atoms with van der Waals surface area (Å²) in [6, 6.07) is 0.236. The number of nitrogens with one attached hydrogen (secondary N) is 4. The van der Waals surface area contributed by atoms with E-state index < -0.39 is 6.09 Å². The molecule has 1 saturated heterocycles. The minimum absolute atomic E-state index is 0.236. The van der Waals surface area contributed by atoms with Gasteiger partial charge in [0.2, 0.25) is 6.08 Å². The van der Waals surface area contributed by atoms with E-state index in [2.05, 4.69) is 16.2 Å². The Balaban J connectivity index is 0.000000500. The average molecular weight is 202 g/mol. The maximum absolute atomic E-state index is 10.0. The Kier molecular flexibility index (Phi) is 7.35. The van der Waals surface area contributed by atoms with Gasteiger partial charge in [-0.2, -0.15) is 0 Å². The number of carbonyl (C=O) groups excluding carboxylic acids is 1. The van der Waals surface area contributed by atoms with Gasteiger partial charge in [0, 0.05) is 12.6 Å². The summed E-state index contributed by atoms with van der Waals surface area (Å²) in [7, 11) is 0. The SMILES string of the molecule is N=C=O.O=C(O)NNC1CCCNC1. The summed E-state index contributed by atoms with van der Waals surface area (Å²) in [5.74, 6) is 0. The molecule has 1 aliphatic rings. The summed E-state index contributed by atoms with van der Waals surface area (Å²) in [5.41, 5.74) is 4.85. The van der Waals surface area contributed by atoms with Crippen molar-refractivity contribution in [3.05, 3.63) is 0 Å². The number of carbonyl (C=O) groups is 1. The van der Waals surface area contributed by atoms with Gasteiger partial charge < -0.3 is 10.4 Å². The largest absolute Gasteiger partial charge is 0.464 e. The molecule has 7 nitrogen and oxygen atoms in total. The molecule has 0 aliphatic carbocycles. The molecular weight excluding hydrogens is 188 g/mol. The second kappa shape index (κ2) is 8.18. The van der Waals surface area contributed by atoms with Crippen LogP contribution < -0.4 is 16.2 Å². The first-order chi connectivity index (χ1) is 6.70. The van der Waals surface area contributed by atoms with Crippen LogP contribution >= 0.6 is 0 Å². The molecule has 0 aromatic carbocycles. The summed E-state index contributed by atoms with van der Waals surface area (Å²) in [6.07, 6.45) is 1.84. The summed E-state index contributed by atoms with van der Waals surface area (Å²) in [4.78, 5) is 18.4. The zero-order chi connectivity index (χ0) is 10.8. The normalized spacial score (nSPS) is 19.9. The first kappa shape index (κ1) is 12.6. The molecule has 1 amide bonds. The molecule has 7 heteroatoms. The van der Waals surface area contributed by atoms with Crippen LogP contribution in [0.1, 0.15) is 12.8 Å². The third kappa shape index (κ3) is 7.23. The van der Waals surface area contributed by atoms with E-state index in [1.807, 2.05) is 0 Å². The highest BCUT2D eigenvalue weighted by atomic mass is 16.4. The van der Waals surface area contributed by atoms with E-state index in [1.165, 1.54) is 0 Å². The van der Waals surface area contributed by atoms with E-state index in [-0.39, 0.29) is 6.04 Å². The number of piperidine rings is 1. The van der Waals surface area contributed by atoms with Gasteiger partial charge in [0.1, 0.15) is 0 Å². The summed E-state index contributed by atoms with van der Waals surface area (Å²) in [6.45, 7) is 1.87. The van der Waals surface area contributed by atoms with Crippen LogP contribution in [0.25, 0.3) is 0 Å². The molecule has 1 fully saturated rings. The molecule has 1 heterocycles. The molecule has 80 valence electrons. The molecule has 1 unspecified atom stereocenters. The van der Waals surface area contributed by atoms with Gasteiger partial charge in [0.05, 0.1) is 0 Å². The fourth-order valence-electron chi connectivity index (χ4n) is 1.14. The van der Waals surface area contributed by atoms with Gasteiger partial charge in [-0.3, -0.25) is 5.43 Å². The Morgan fingerprint density at radius 3 is 2.71 bits per heavy atom. The highest BCUT2D eigenvalue weighted by Crippen LogP contribution is 1.99. The standard InChI is InChI=1S/C6H13N3O2.CHNO/c10-6(11)9-8-5-2-1-3-7-4-5;2-1-3/h5,7-9H,1-4H2,(H,10,11);2H. The molecule has 1 rings (SSSR count). The number of carboxylic acid groups (broad SMARTS) is 1. The van der Waals surface area contributed by atoms with Crippen LogP contribution in [0, 0.1) is 5.41 Å². The Bertz CT molecular complexity index is 197.